The van der Waals surface area contributed by atoms with Crippen LogP contribution in [0.5, 0.6) is 0 Å². The van der Waals surface area contributed by atoms with Crippen molar-refractivity contribution in [2.75, 3.05) is 0 Å². The number of aryl methyl sites for hydroxylation is 1. The zero-order valence-electron chi connectivity index (χ0n) is 30.7. The molecular formula is C48H55N. The van der Waals surface area contributed by atoms with Crippen LogP contribution in [0.15, 0.2) is 120 Å². The average molecular weight is 646 g/mol. The molecule has 5 aromatic rings. The van der Waals surface area contributed by atoms with E-state index in [0.29, 0.717) is 23.7 Å². The number of rotatable bonds is 13. The molecule has 1 aromatic heterocycles. The fraction of sp³-hybridized carbons (Fsp3) is 0.354. The zero-order valence-corrected chi connectivity index (χ0v) is 30.7. The third kappa shape index (κ3) is 7.52. The van der Waals surface area contributed by atoms with Gasteiger partial charge in [-0.2, -0.15) is 0 Å². The van der Waals surface area contributed by atoms with Gasteiger partial charge in [0.2, 0.25) is 0 Å². The number of hydrogen-bond acceptors (Lipinski definition) is 1. The second kappa shape index (κ2) is 16.0. The van der Waals surface area contributed by atoms with E-state index in [-0.39, 0.29) is 0 Å². The van der Waals surface area contributed by atoms with E-state index >= 15 is 0 Å². The summed E-state index contributed by atoms with van der Waals surface area (Å²) in [6.45, 7) is 14.3. The van der Waals surface area contributed by atoms with Gasteiger partial charge >= 0.3 is 0 Å². The molecule has 49 heavy (non-hydrogen) atoms. The maximum absolute atomic E-state index is 4.89. The predicted octanol–water partition coefficient (Wildman–Crippen LogP) is 13.8. The highest BCUT2D eigenvalue weighted by molar-refractivity contribution is 5.98. The molecule has 0 radical (unpaired) electrons. The van der Waals surface area contributed by atoms with Gasteiger partial charge in [0.1, 0.15) is 0 Å². The molecule has 0 saturated heterocycles. The SMILES string of the molecule is CCCCC(CC)C(/C(C)=C(/CCC)C(C)c1cccc2c(-c3cc(-c4ccccc4)ccn3)cccc12)C1C=Cc2cc(C)ccc2C1. The van der Waals surface area contributed by atoms with Crippen LogP contribution in [-0.4, -0.2) is 4.98 Å². The molecule has 0 N–H and O–H groups in total. The van der Waals surface area contributed by atoms with Gasteiger partial charge in [0.25, 0.3) is 0 Å². The minimum Gasteiger partial charge on any atom is -0.256 e. The fourth-order valence-electron chi connectivity index (χ4n) is 8.73. The Morgan fingerprint density at radius 3 is 2.39 bits per heavy atom. The van der Waals surface area contributed by atoms with Crippen LogP contribution in [0.25, 0.3) is 39.2 Å². The third-order valence-electron chi connectivity index (χ3n) is 11.3. The summed E-state index contributed by atoms with van der Waals surface area (Å²) in [6, 6.07) is 35.8. The van der Waals surface area contributed by atoms with E-state index in [1.54, 1.807) is 11.1 Å². The fourth-order valence-corrected chi connectivity index (χ4v) is 8.73. The number of benzene rings is 4. The summed E-state index contributed by atoms with van der Waals surface area (Å²) >= 11 is 0. The van der Waals surface area contributed by atoms with Gasteiger partial charge in [-0.1, -0.05) is 167 Å². The van der Waals surface area contributed by atoms with Crippen molar-refractivity contribution in [2.45, 2.75) is 92.4 Å². The molecule has 4 atom stereocenters. The standard InChI is InChI=1S/C48H55N/c1-7-10-17-36(9-3)48(41-27-26-38-30-33(4)24-25-39(38)31-41)35(6)42(16-8-2)34(5)43-20-14-22-45-44(43)21-15-23-46(45)47-32-40(28-29-49-47)37-18-12-11-13-19-37/h11-15,18-30,32,34,36,41,48H,7-10,16-17,31H2,1-6H3/b42-35-. The van der Waals surface area contributed by atoms with Gasteiger partial charge < -0.3 is 0 Å². The van der Waals surface area contributed by atoms with E-state index in [1.165, 1.54) is 75.4 Å². The topological polar surface area (TPSA) is 12.9 Å². The third-order valence-corrected chi connectivity index (χ3v) is 11.3. The molecule has 0 aliphatic heterocycles. The Morgan fingerprint density at radius 1 is 0.816 bits per heavy atom. The predicted molar refractivity (Wildman–Crippen MR) is 213 cm³/mol. The molecule has 4 aromatic carbocycles. The highest BCUT2D eigenvalue weighted by Gasteiger charge is 2.32. The van der Waals surface area contributed by atoms with Crippen molar-refractivity contribution >= 4 is 16.8 Å². The molecule has 0 amide bonds. The minimum absolute atomic E-state index is 0.330. The largest absolute Gasteiger partial charge is 0.256 e. The lowest BCUT2D eigenvalue weighted by molar-refractivity contribution is 0.269. The normalized spacial score (nSPS) is 16.6. The van der Waals surface area contributed by atoms with E-state index in [2.05, 4.69) is 151 Å². The lowest BCUT2D eigenvalue weighted by Crippen LogP contribution is -2.28. The molecule has 0 saturated carbocycles. The number of hydrogen-bond donors (Lipinski definition) is 0. The number of allylic oxidation sites excluding steroid dienone is 3. The first-order valence-corrected chi connectivity index (χ1v) is 18.9. The van der Waals surface area contributed by atoms with Gasteiger partial charge in [0, 0.05) is 17.7 Å². The summed E-state index contributed by atoms with van der Waals surface area (Å²) in [6.07, 6.45) is 15.5. The van der Waals surface area contributed by atoms with Crippen molar-refractivity contribution in [3.63, 3.8) is 0 Å². The number of fused-ring (bicyclic) bond motifs is 2. The average Bonchev–Trinajstić information content (AvgIpc) is 3.14. The van der Waals surface area contributed by atoms with Crippen LogP contribution in [0.2, 0.25) is 0 Å². The molecule has 1 heteroatoms. The molecule has 0 bridgehead atoms. The Morgan fingerprint density at radius 2 is 1.61 bits per heavy atom. The number of nitrogens with zero attached hydrogens (tertiary/aromatic N) is 1. The maximum atomic E-state index is 4.89. The monoisotopic (exact) mass is 645 g/mol. The molecule has 0 fully saturated rings. The first kappa shape index (κ1) is 34.6. The molecule has 1 aliphatic rings. The first-order valence-electron chi connectivity index (χ1n) is 18.9. The van der Waals surface area contributed by atoms with E-state index in [1.807, 2.05) is 6.20 Å². The molecule has 0 spiro atoms. The molecule has 6 rings (SSSR count). The van der Waals surface area contributed by atoms with E-state index < -0.39 is 0 Å². The summed E-state index contributed by atoms with van der Waals surface area (Å²) < 4.78 is 0. The van der Waals surface area contributed by atoms with Crippen molar-refractivity contribution < 1.29 is 0 Å². The molecule has 1 heterocycles. The smallest absolute Gasteiger partial charge is 0.0714 e. The van der Waals surface area contributed by atoms with Crippen LogP contribution >= 0.6 is 0 Å². The lowest BCUT2D eigenvalue weighted by Gasteiger charge is -2.37. The minimum atomic E-state index is 0.330. The molecule has 1 nitrogen and oxygen atoms in total. The maximum Gasteiger partial charge on any atom is 0.0714 e. The van der Waals surface area contributed by atoms with Crippen LogP contribution in [0.1, 0.15) is 101 Å². The Labute approximate surface area is 296 Å². The van der Waals surface area contributed by atoms with Gasteiger partial charge in [-0.3, -0.25) is 4.98 Å². The van der Waals surface area contributed by atoms with Crippen molar-refractivity contribution in [1.82, 2.24) is 4.98 Å². The molecule has 1 aliphatic carbocycles. The highest BCUT2D eigenvalue weighted by Crippen LogP contribution is 2.45. The van der Waals surface area contributed by atoms with Crippen molar-refractivity contribution in [3.05, 3.63) is 143 Å². The Balaban J connectivity index is 1.42. The van der Waals surface area contributed by atoms with Crippen LogP contribution in [0.4, 0.5) is 0 Å². The van der Waals surface area contributed by atoms with E-state index in [9.17, 15) is 0 Å². The number of unbranched alkanes of at least 4 members (excludes halogenated alkanes) is 1. The Hall–Kier alpha value is -4.23. The van der Waals surface area contributed by atoms with Gasteiger partial charge in [0.05, 0.1) is 5.69 Å². The summed E-state index contributed by atoms with van der Waals surface area (Å²) in [7, 11) is 0. The highest BCUT2D eigenvalue weighted by atomic mass is 14.7. The Kier molecular flexibility index (Phi) is 11.3. The number of pyridine rings is 1. The molecular weight excluding hydrogens is 591 g/mol. The zero-order chi connectivity index (χ0) is 34.3. The number of aromatic nitrogens is 1. The van der Waals surface area contributed by atoms with Crippen molar-refractivity contribution in [3.8, 4) is 22.4 Å². The van der Waals surface area contributed by atoms with Gasteiger partial charge in [-0.25, -0.2) is 0 Å². The van der Waals surface area contributed by atoms with E-state index in [4.69, 9.17) is 4.98 Å². The summed E-state index contributed by atoms with van der Waals surface area (Å²) in [5.41, 5.74) is 13.6. The Bertz CT molecular complexity index is 1930. The molecule has 4 unspecified atom stereocenters. The van der Waals surface area contributed by atoms with Crippen molar-refractivity contribution in [1.29, 1.82) is 0 Å². The van der Waals surface area contributed by atoms with Gasteiger partial charge in [-0.15, -0.1) is 0 Å². The van der Waals surface area contributed by atoms with Crippen LogP contribution < -0.4 is 0 Å². The van der Waals surface area contributed by atoms with Crippen LogP contribution in [0, 0.1) is 24.7 Å². The van der Waals surface area contributed by atoms with E-state index in [0.717, 1.165) is 25.0 Å². The second-order valence-electron chi connectivity index (χ2n) is 14.5. The first-order chi connectivity index (χ1) is 23.9. The van der Waals surface area contributed by atoms with Crippen molar-refractivity contribution in [2.24, 2.45) is 17.8 Å². The quantitative estimate of drug-likeness (QED) is 0.116. The second-order valence-corrected chi connectivity index (χ2v) is 14.5. The lowest BCUT2D eigenvalue weighted by atomic mass is 9.67. The summed E-state index contributed by atoms with van der Waals surface area (Å²) in [5, 5.41) is 2.63. The van der Waals surface area contributed by atoms with Gasteiger partial charge in [0.15, 0.2) is 0 Å². The van der Waals surface area contributed by atoms with Gasteiger partial charge in [-0.05, 0) is 102 Å². The van der Waals surface area contributed by atoms with Crippen LogP contribution in [0.3, 0.4) is 0 Å². The summed E-state index contributed by atoms with van der Waals surface area (Å²) in [4.78, 5) is 4.89. The molecule has 252 valence electrons. The van der Waals surface area contributed by atoms with Crippen LogP contribution in [-0.2, 0) is 6.42 Å². The summed E-state index contributed by atoms with van der Waals surface area (Å²) in [5.74, 6) is 2.08.